The molecule has 0 bridgehead atoms. The molecule has 3 rings (SSSR count). The Morgan fingerprint density at radius 3 is 2.59 bits per heavy atom. The Morgan fingerprint density at radius 1 is 1.15 bits per heavy atom. The Balaban J connectivity index is 1.76. The topological polar surface area (TPSA) is 72.8 Å². The van der Waals surface area contributed by atoms with Crippen LogP contribution in [0.5, 0.6) is 5.75 Å². The number of rotatable bonds is 12. The minimum absolute atomic E-state index is 0.00306. The Kier molecular flexibility index (Phi) is 9.01. The van der Waals surface area contributed by atoms with Crippen LogP contribution in [-0.4, -0.2) is 35.8 Å². The summed E-state index contributed by atoms with van der Waals surface area (Å²) < 4.78 is 0. The van der Waals surface area contributed by atoms with Gasteiger partial charge in [0.1, 0.15) is 5.75 Å². The number of hydrogen-bond acceptors (Lipinski definition) is 4. The second kappa shape index (κ2) is 11.7. The minimum Gasteiger partial charge on any atom is -0.507 e. The Bertz CT molecular complexity index is 984. The van der Waals surface area contributed by atoms with E-state index in [-0.39, 0.29) is 23.7 Å². The molecule has 186 valence electrons. The van der Waals surface area contributed by atoms with Crippen molar-refractivity contribution in [3.05, 3.63) is 58.1 Å². The summed E-state index contributed by atoms with van der Waals surface area (Å²) in [6, 6.07) is 8.83. The number of nitrogens with one attached hydrogen (secondary N) is 1. The number of para-hydroxylation sites is 1. The summed E-state index contributed by atoms with van der Waals surface area (Å²) in [5.74, 6) is -0.261. The lowest BCUT2D eigenvalue weighted by Crippen LogP contribution is -2.36. The molecule has 2 aromatic rings. The first-order chi connectivity index (χ1) is 16.3. The molecule has 0 spiro atoms. The fourth-order valence-electron chi connectivity index (χ4n) is 5.04. The highest BCUT2D eigenvalue weighted by Crippen LogP contribution is 2.39. The van der Waals surface area contributed by atoms with E-state index < -0.39 is 0 Å². The van der Waals surface area contributed by atoms with E-state index >= 15 is 0 Å². The Morgan fingerprint density at radius 2 is 1.88 bits per heavy atom. The van der Waals surface area contributed by atoms with Crippen LogP contribution in [0, 0.1) is 12.3 Å². The van der Waals surface area contributed by atoms with Crippen LogP contribution >= 0.6 is 0 Å². The number of amides is 1. The van der Waals surface area contributed by atoms with Crippen LogP contribution in [0.3, 0.4) is 0 Å². The number of benzene rings is 2. The average Bonchev–Trinajstić information content (AvgIpc) is 3.22. The maximum absolute atomic E-state index is 12.7. The first-order valence-corrected chi connectivity index (χ1v) is 12.8. The van der Waals surface area contributed by atoms with Gasteiger partial charge in [-0.15, -0.1) is 0 Å². The van der Waals surface area contributed by atoms with E-state index in [1.165, 1.54) is 60.5 Å². The van der Waals surface area contributed by atoms with Gasteiger partial charge in [0.25, 0.3) is 5.91 Å². The number of hydrogen-bond donors (Lipinski definition) is 3. The van der Waals surface area contributed by atoms with E-state index in [1.54, 1.807) is 18.2 Å². The summed E-state index contributed by atoms with van der Waals surface area (Å²) in [4.78, 5) is 15.2. The molecule has 0 unspecified atom stereocenters. The number of phenolic OH excluding ortho intramolecular Hbond substituents is 1. The van der Waals surface area contributed by atoms with Crippen LogP contribution in [0.15, 0.2) is 30.3 Å². The van der Waals surface area contributed by atoms with E-state index in [1.807, 2.05) is 0 Å². The molecule has 0 saturated heterocycles. The Hall–Kier alpha value is -2.53. The number of aromatic hydroxyl groups is 1. The zero-order chi connectivity index (χ0) is 24.7. The van der Waals surface area contributed by atoms with Gasteiger partial charge in [0.15, 0.2) is 0 Å². The van der Waals surface area contributed by atoms with Gasteiger partial charge < -0.3 is 20.4 Å². The number of carbonyl (C=O) groups excluding carboxylic acids is 1. The number of nitrogens with zero attached hydrogens (tertiary/aromatic N) is 1. The SMILES string of the molecule is CCCCCCCN1CCc2cc(CO)c(C)c(CC(C)(C)CNC(=O)c3ccccc3O)c21. The number of aliphatic hydroxyl groups is 1. The molecule has 0 radical (unpaired) electrons. The van der Waals surface area contributed by atoms with E-state index in [9.17, 15) is 15.0 Å². The number of unbranched alkanes of at least 4 members (excludes halogenated alkanes) is 4. The van der Waals surface area contributed by atoms with Gasteiger partial charge in [-0.25, -0.2) is 0 Å². The van der Waals surface area contributed by atoms with Crippen LogP contribution in [0.1, 0.15) is 85.5 Å². The van der Waals surface area contributed by atoms with Crippen molar-refractivity contribution in [2.75, 3.05) is 24.5 Å². The summed E-state index contributed by atoms with van der Waals surface area (Å²) in [5.41, 5.74) is 6.27. The van der Waals surface area contributed by atoms with Crippen molar-refractivity contribution in [3.8, 4) is 5.75 Å². The third kappa shape index (κ3) is 6.32. The van der Waals surface area contributed by atoms with Crippen molar-refractivity contribution in [1.29, 1.82) is 0 Å². The monoisotopic (exact) mass is 466 g/mol. The second-order valence-electron chi connectivity index (χ2n) is 10.5. The lowest BCUT2D eigenvalue weighted by Gasteiger charge is -2.31. The van der Waals surface area contributed by atoms with E-state index in [4.69, 9.17) is 0 Å². The van der Waals surface area contributed by atoms with Crippen LogP contribution in [0.2, 0.25) is 0 Å². The summed E-state index contributed by atoms with van der Waals surface area (Å²) in [6.07, 6.45) is 8.18. The van der Waals surface area contributed by atoms with Crippen molar-refractivity contribution in [2.45, 2.75) is 79.2 Å². The molecule has 3 N–H and O–H groups in total. The number of aliphatic hydroxyl groups excluding tert-OH is 1. The molecule has 1 heterocycles. The lowest BCUT2D eigenvalue weighted by atomic mass is 9.81. The highest BCUT2D eigenvalue weighted by Gasteiger charge is 2.29. The van der Waals surface area contributed by atoms with E-state index in [2.05, 4.69) is 44.0 Å². The third-order valence-corrected chi connectivity index (χ3v) is 7.07. The number of carbonyl (C=O) groups is 1. The van der Waals surface area contributed by atoms with Gasteiger partial charge in [-0.05, 0) is 66.0 Å². The second-order valence-corrected chi connectivity index (χ2v) is 10.5. The molecule has 5 nitrogen and oxygen atoms in total. The predicted octanol–water partition coefficient (Wildman–Crippen LogP) is 5.52. The number of phenols is 1. The molecule has 0 aromatic heterocycles. The molecular weight excluding hydrogens is 424 g/mol. The number of anilines is 1. The molecule has 1 aliphatic heterocycles. The summed E-state index contributed by atoms with van der Waals surface area (Å²) >= 11 is 0. The summed E-state index contributed by atoms with van der Waals surface area (Å²) in [6.45, 7) is 11.4. The van der Waals surface area contributed by atoms with Gasteiger partial charge >= 0.3 is 0 Å². The highest BCUT2D eigenvalue weighted by atomic mass is 16.3. The molecule has 2 aromatic carbocycles. The first-order valence-electron chi connectivity index (χ1n) is 12.8. The van der Waals surface area contributed by atoms with Crippen LogP contribution in [0.4, 0.5) is 5.69 Å². The van der Waals surface area contributed by atoms with Crippen molar-refractivity contribution >= 4 is 11.6 Å². The maximum Gasteiger partial charge on any atom is 0.255 e. The molecule has 0 aliphatic carbocycles. The largest absolute Gasteiger partial charge is 0.507 e. The van der Waals surface area contributed by atoms with Crippen molar-refractivity contribution < 1.29 is 15.0 Å². The maximum atomic E-state index is 12.7. The van der Waals surface area contributed by atoms with E-state index in [0.29, 0.717) is 12.1 Å². The zero-order valence-corrected chi connectivity index (χ0v) is 21.4. The van der Waals surface area contributed by atoms with Crippen LogP contribution in [-0.2, 0) is 19.4 Å². The van der Waals surface area contributed by atoms with Crippen LogP contribution < -0.4 is 10.2 Å². The van der Waals surface area contributed by atoms with Gasteiger partial charge in [0.2, 0.25) is 0 Å². The van der Waals surface area contributed by atoms with Crippen molar-refractivity contribution in [1.82, 2.24) is 5.32 Å². The minimum atomic E-state index is -0.258. The first kappa shape index (κ1) is 26.1. The molecule has 34 heavy (non-hydrogen) atoms. The van der Waals surface area contributed by atoms with Crippen LogP contribution in [0.25, 0.3) is 0 Å². The highest BCUT2D eigenvalue weighted by molar-refractivity contribution is 5.96. The fraction of sp³-hybridized carbons (Fsp3) is 0.552. The molecule has 0 atom stereocenters. The quantitative estimate of drug-likeness (QED) is 0.360. The Labute approximate surface area is 205 Å². The van der Waals surface area contributed by atoms with Crippen molar-refractivity contribution in [2.24, 2.45) is 5.41 Å². The van der Waals surface area contributed by atoms with Crippen molar-refractivity contribution in [3.63, 3.8) is 0 Å². The van der Waals surface area contributed by atoms with Gasteiger partial charge in [-0.1, -0.05) is 64.7 Å². The molecule has 1 amide bonds. The summed E-state index contributed by atoms with van der Waals surface area (Å²) in [5, 5.41) is 23.0. The zero-order valence-electron chi connectivity index (χ0n) is 21.4. The van der Waals surface area contributed by atoms with Gasteiger partial charge in [0.05, 0.1) is 12.2 Å². The van der Waals surface area contributed by atoms with Gasteiger partial charge in [0, 0.05) is 25.3 Å². The molecule has 0 saturated carbocycles. The number of fused-ring (bicyclic) bond motifs is 1. The molecule has 0 fully saturated rings. The molecular formula is C29H42N2O3. The van der Waals surface area contributed by atoms with Gasteiger partial charge in [-0.3, -0.25) is 4.79 Å². The van der Waals surface area contributed by atoms with Gasteiger partial charge in [-0.2, -0.15) is 0 Å². The van der Waals surface area contributed by atoms with E-state index in [0.717, 1.165) is 31.5 Å². The smallest absolute Gasteiger partial charge is 0.255 e. The standard InChI is InChI=1S/C29H42N2O3/c1-5-6-7-8-11-15-31-16-14-22-17-23(19-32)21(2)25(27(22)31)18-29(3,4)20-30-28(34)24-12-9-10-13-26(24)33/h9-10,12-13,17,32-33H,5-8,11,14-16,18-20H2,1-4H3,(H,30,34). The molecule has 1 aliphatic rings. The average molecular weight is 467 g/mol. The lowest BCUT2D eigenvalue weighted by molar-refractivity contribution is 0.0933. The predicted molar refractivity (Wildman–Crippen MR) is 140 cm³/mol. The fourth-order valence-corrected chi connectivity index (χ4v) is 5.04. The molecule has 5 heteroatoms. The summed E-state index contributed by atoms with van der Waals surface area (Å²) in [7, 11) is 0. The third-order valence-electron chi connectivity index (χ3n) is 7.07. The normalized spacial score (nSPS) is 13.3.